The number of rotatable bonds is 9. The predicted molar refractivity (Wildman–Crippen MR) is 103 cm³/mol. The molecule has 0 saturated heterocycles. The standard InChI is InChI=1S/C18H25Cl2N3O/c1-3-23(9-10-24)8-4-5-13(2)22-16-6-7-21-17-12-14(19)11-15(20)18(16)17/h6-7,11-13,24H,3-5,8-10H2,1-2H3,(H,21,22). The average Bonchev–Trinajstić information content (AvgIpc) is 2.53. The molecule has 24 heavy (non-hydrogen) atoms. The van der Waals surface area contributed by atoms with Gasteiger partial charge in [0.05, 0.1) is 17.1 Å². The zero-order valence-electron chi connectivity index (χ0n) is 14.2. The van der Waals surface area contributed by atoms with Crippen molar-refractivity contribution in [2.75, 3.05) is 31.6 Å². The van der Waals surface area contributed by atoms with Gasteiger partial charge >= 0.3 is 0 Å². The van der Waals surface area contributed by atoms with Crippen molar-refractivity contribution in [2.45, 2.75) is 32.7 Å². The Kier molecular flexibility index (Phi) is 7.56. The Bertz CT molecular complexity index is 666. The summed E-state index contributed by atoms with van der Waals surface area (Å²) in [6.07, 6.45) is 3.88. The SMILES string of the molecule is CCN(CCO)CCCC(C)Nc1ccnc2cc(Cl)cc(Cl)c12. The van der Waals surface area contributed by atoms with E-state index in [1.807, 2.05) is 12.1 Å². The highest BCUT2D eigenvalue weighted by Crippen LogP contribution is 2.32. The van der Waals surface area contributed by atoms with Crippen LogP contribution in [0.25, 0.3) is 10.9 Å². The summed E-state index contributed by atoms with van der Waals surface area (Å²) in [5.74, 6) is 0. The molecule has 4 nitrogen and oxygen atoms in total. The van der Waals surface area contributed by atoms with Crippen LogP contribution in [-0.2, 0) is 0 Å². The summed E-state index contributed by atoms with van der Waals surface area (Å²) in [5.41, 5.74) is 1.78. The zero-order valence-corrected chi connectivity index (χ0v) is 15.7. The fraction of sp³-hybridized carbons (Fsp3) is 0.500. The highest BCUT2D eigenvalue weighted by Gasteiger charge is 2.11. The Morgan fingerprint density at radius 2 is 2.08 bits per heavy atom. The second-order valence-electron chi connectivity index (χ2n) is 5.99. The summed E-state index contributed by atoms with van der Waals surface area (Å²) in [6, 6.07) is 5.84. The first-order valence-corrected chi connectivity index (χ1v) is 9.14. The summed E-state index contributed by atoms with van der Waals surface area (Å²) in [5, 5.41) is 14.7. The van der Waals surface area contributed by atoms with Gasteiger partial charge in [0.1, 0.15) is 0 Å². The van der Waals surface area contributed by atoms with Gasteiger partial charge in [-0.05, 0) is 51.1 Å². The molecule has 0 saturated carbocycles. The Hall–Kier alpha value is -1.07. The molecule has 1 atom stereocenters. The first-order chi connectivity index (χ1) is 11.5. The predicted octanol–water partition coefficient (Wildman–Crippen LogP) is 4.44. The van der Waals surface area contributed by atoms with E-state index in [2.05, 4.69) is 29.0 Å². The third-order valence-electron chi connectivity index (χ3n) is 4.14. The summed E-state index contributed by atoms with van der Waals surface area (Å²) in [6.45, 7) is 7.20. The highest BCUT2D eigenvalue weighted by atomic mass is 35.5. The molecule has 1 aromatic heterocycles. The smallest absolute Gasteiger partial charge is 0.0752 e. The van der Waals surface area contributed by atoms with Crippen molar-refractivity contribution in [3.63, 3.8) is 0 Å². The third kappa shape index (κ3) is 5.21. The molecular formula is C18H25Cl2N3O. The van der Waals surface area contributed by atoms with Crippen LogP contribution in [-0.4, -0.2) is 47.3 Å². The van der Waals surface area contributed by atoms with Gasteiger partial charge in [0, 0.05) is 34.9 Å². The normalized spacial score (nSPS) is 12.8. The molecule has 0 radical (unpaired) electrons. The first kappa shape index (κ1) is 19.3. The van der Waals surface area contributed by atoms with E-state index in [0.29, 0.717) is 16.1 Å². The number of nitrogens with one attached hydrogen (secondary N) is 1. The maximum atomic E-state index is 9.04. The topological polar surface area (TPSA) is 48.4 Å². The molecule has 0 aliphatic heterocycles. The summed E-state index contributed by atoms with van der Waals surface area (Å²) in [4.78, 5) is 6.61. The van der Waals surface area contributed by atoms with Crippen molar-refractivity contribution in [3.8, 4) is 0 Å². The maximum absolute atomic E-state index is 9.04. The number of aliphatic hydroxyl groups is 1. The molecule has 6 heteroatoms. The van der Waals surface area contributed by atoms with Crippen molar-refractivity contribution in [1.82, 2.24) is 9.88 Å². The van der Waals surface area contributed by atoms with Crippen molar-refractivity contribution >= 4 is 39.8 Å². The number of hydrogen-bond donors (Lipinski definition) is 2. The van der Waals surface area contributed by atoms with Crippen molar-refractivity contribution < 1.29 is 5.11 Å². The molecule has 2 aromatic rings. The number of nitrogens with zero attached hydrogens (tertiary/aromatic N) is 2. The Balaban J connectivity index is 1.99. The van der Waals surface area contributed by atoms with E-state index in [1.54, 1.807) is 12.3 Å². The molecule has 132 valence electrons. The molecule has 0 bridgehead atoms. The molecule has 0 aliphatic rings. The second-order valence-corrected chi connectivity index (χ2v) is 6.83. The number of halogens is 2. The Labute approximate surface area is 153 Å². The zero-order chi connectivity index (χ0) is 17.5. The lowest BCUT2D eigenvalue weighted by molar-refractivity contribution is 0.199. The van der Waals surface area contributed by atoms with Crippen LogP contribution < -0.4 is 5.32 Å². The molecule has 0 fully saturated rings. The van der Waals surface area contributed by atoms with E-state index < -0.39 is 0 Å². The number of aromatic nitrogens is 1. The van der Waals surface area contributed by atoms with Crippen molar-refractivity contribution in [3.05, 3.63) is 34.4 Å². The van der Waals surface area contributed by atoms with Crippen LogP contribution in [0.5, 0.6) is 0 Å². The van der Waals surface area contributed by atoms with Crippen LogP contribution >= 0.6 is 23.2 Å². The minimum absolute atomic E-state index is 0.214. The summed E-state index contributed by atoms with van der Waals surface area (Å²) < 4.78 is 0. The van der Waals surface area contributed by atoms with Gasteiger partial charge in [-0.1, -0.05) is 30.1 Å². The monoisotopic (exact) mass is 369 g/mol. The van der Waals surface area contributed by atoms with Crippen LogP contribution in [0.15, 0.2) is 24.4 Å². The van der Waals surface area contributed by atoms with Gasteiger partial charge in [0.25, 0.3) is 0 Å². The van der Waals surface area contributed by atoms with Gasteiger partial charge in [0.2, 0.25) is 0 Å². The summed E-state index contributed by atoms with van der Waals surface area (Å²) in [7, 11) is 0. The number of fused-ring (bicyclic) bond motifs is 1. The lowest BCUT2D eigenvalue weighted by atomic mass is 10.1. The lowest BCUT2D eigenvalue weighted by Crippen LogP contribution is -2.28. The summed E-state index contributed by atoms with van der Waals surface area (Å²) >= 11 is 12.4. The fourth-order valence-electron chi connectivity index (χ4n) is 2.85. The van der Waals surface area contributed by atoms with Crippen LogP contribution in [0.1, 0.15) is 26.7 Å². The van der Waals surface area contributed by atoms with Crippen LogP contribution in [0.4, 0.5) is 5.69 Å². The molecular weight excluding hydrogens is 345 g/mol. The average molecular weight is 370 g/mol. The van der Waals surface area contributed by atoms with Crippen molar-refractivity contribution in [1.29, 1.82) is 0 Å². The molecule has 0 amide bonds. The number of pyridine rings is 1. The van der Waals surface area contributed by atoms with Gasteiger partial charge < -0.3 is 15.3 Å². The molecule has 2 rings (SSSR count). The second kappa shape index (κ2) is 9.42. The van der Waals surface area contributed by atoms with E-state index in [-0.39, 0.29) is 6.61 Å². The van der Waals surface area contributed by atoms with Crippen LogP contribution in [0, 0.1) is 0 Å². The van der Waals surface area contributed by atoms with E-state index in [9.17, 15) is 0 Å². The number of hydrogen-bond acceptors (Lipinski definition) is 4. The molecule has 1 unspecified atom stereocenters. The minimum atomic E-state index is 0.214. The molecule has 1 aromatic carbocycles. The Morgan fingerprint density at radius 1 is 1.29 bits per heavy atom. The first-order valence-electron chi connectivity index (χ1n) is 8.38. The lowest BCUT2D eigenvalue weighted by Gasteiger charge is -2.21. The van der Waals surface area contributed by atoms with Gasteiger partial charge in [-0.25, -0.2) is 0 Å². The molecule has 1 heterocycles. The van der Waals surface area contributed by atoms with Gasteiger partial charge in [0.15, 0.2) is 0 Å². The molecule has 0 aliphatic carbocycles. The van der Waals surface area contributed by atoms with E-state index in [1.165, 1.54) is 0 Å². The number of benzene rings is 1. The van der Waals surface area contributed by atoms with Gasteiger partial charge in [-0.3, -0.25) is 4.98 Å². The molecule has 2 N–H and O–H groups in total. The quantitative estimate of drug-likeness (QED) is 0.685. The Morgan fingerprint density at radius 3 is 2.79 bits per heavy atom. The number of likely N-dealkylation sites (N-methyl/N-ethyl adjacent to an activating group) is 1. The number of aliphatic hydroxyl groups excluding tert-OH is 1. The number of anilines is 1. The fourth-order valence-corrected chi connectivity index (χ4v) is 3.44. The van der Waals surface area contributed by atoms with E-state index in [4.69, 9.17) is 28.3 Å². The van der Waals surface area contributed by atoms with Crippen LogP contribution in [0.3, 0.4) is 0 Å². The minimum Gasteiger partial charge on any atom is -0.395 e. The van der Waals surface area contributed by atoms with Gasteiger partial charge in [-0.15, -0.1) is 0 Å². The highest BCUT2D eigenvalue weighted by molar-refractivity contribution is 6.39. The third-order valence-corrected chi connectivity index (χ3v) is 4.65. The van der Waals surface area contributed by atoms with Crippen molar-refractivity contribution in [2.24, 2.45) is 0 Å². The van der Waals surface area contributed by atoms with Gasteiger partial charge in [-0.2, -0.15) is 0 Å². The molecule has 0 spiro atoms. The van der Waals surface area contributed by atoms with E-state index >= 15 is 0 Å². The largest absolute Gasteiger partial charge is 0.395 e. The van der Waals surface area contributed by atoms with Crippen LogP contribution in [0.2, 0.25) is 10.0 Å². The maximum Gasteiger partial charge on any atom is 0.0752 e. The van der Waals surface area contributed by atoms with E-state index in [0.717, 1.165) is 49.1 Å².